The van der Waals surface area contributed by atoms with Crippen molar-refractivity contribution in [2.24, 2.45) is 0 Å². The topological polar surface area (TPSA) is 170 Å². The standard InChI is InChI=1S/C35H39N9O4/c1-20(26-7-5-14-43(26)3)47-28-16-27(44-15-11-25(41-44)33(45)40-34(2)18-46-19-34)38-32(39-28)30-22-6-4-12-35(31(22)48-42-30)13-10-21-8-9-24(37)23(17-36)29(21)35/h8-9,11,15-16,20,26H,4-7,10,12-14,18-19,37H2,1-3H3,(H,40,45)/t20-,26-,35-/m0/s1. The Bertz CT molecular complexity index is 1960. The van der Waals surface area contributed by atoms with Crippen molar-refractivity contribution in [2.75, 3.05) is 32.5 Å². The van der Waals surface area contributed by atoms with Crippen molar-refractivity contribution in [3.8, 4) is 29.3 Å². The number of aromatic nitrogens is 5. The third-order valence-corrected chi connectivity index (χ3v) is 10.6. The smallest absolute Gasteiger partial charge is 0.272 e. The molecule has 1 spiro atoms. The zero-order chi connectivity index (χ0) is 33.2. The van der Waals surface area contributed by atoms with E-state index in [9.17, 15) is 10.1 Å². The number of nitriles is 1. The predicted molar refractivity (Wildman–Crippen MR) is 175 cm³/mol. The predicted octanol–water partition coefficient (Wildman–Crippen LogP) is 3.72. The van der Waals surface area contributed by atoms with Gasteiger partial charge in [0.05, 0.1) is 29.7 Å². The molecule has 2 aliphatic carbocycles. The average Bonchev–Trinajstić information content (AvgIpc) is 3.87. The molecule has 2 fully saturated rings. The van der Waals surface area contributed by atoms with Gasteiger partial charge in [0.25, 0.3) is 5.91 Å². The molecule has 0 radical (unpaired) electrons. The Hall–Kier alpha value is -4.80. The molecule has 13 heteroatoms. The minimum atomic E-state index is -0.487. The highest BCUT2D eigenvalue weighted by molar-refractivity contribution is 5.92. The lowest BCUT2D eigenvalue weighted by atomic mass is 9.68. The minimum Gasteiger partial charge on any atom is -0.473 e. The van der Waals surface area contributed by atoms with E-state index in [1.807, 2.05) is 19.1 Å². The van der Waals surface area contributed by atoms with E-state index < -0.39 is 11.0 Å². The number of rotatable bonds is 7. The maximum atomic E-state index is 13.0. The van der Waals surface area contributed by atoms with Crippen molar-refractivity contribution in [1.29, 1.82) is 5.26 Å². The third-order valence-electron chi connectivity index (χ3n) is 10.6. The lowest BCUT2D eigenvalue weighted by Gasteiger charge is -2.38. The van der Waals surface area contributed by atoms with Gasteiger partial charge in [0.2, 0.25) is 5.88 Å². The zero-order valence-corrected chi connectivity index (χ0v) is 27.5. The van der Waals surface area contributed by atoms with Gasteiger partial charge in [0.1, 0.15) is 12.2 Å². The first kappa shape index (κ1) is 30.5. The Labute approximate surface area is 278 Å². The fourth-order valence-corrected chi connectivity index (χ4v) is 8.15. The number of amides is 1. The van der Waals surface area contributed by atoms with E-state index in [0.717, 1.165) is 73.9 Å². The van der Waals surface area contributed by atoms with Crippen LogP contribution in [0, 0.1) is 11.3 Å². The number of nitrogens with two attached hydrogens (primary N) is 1. The number of ether oxygens (including phenoxy) is 2. The van der Waals surface area contributed by atoms with Crippen molar-refractivity contribution in [3.63, 3.8) is 0 Å². The number of carbonyl (C=O) groups excluding carboxylic acids is 1. The van der Waals surface area contributed by atoms with Crippen molar-refractivity contribution in [2.45, 2.75) is 81.9 Å². The van der Waals surface area contributed by atoms with Crippen LogP contribution in [0.1, 0.15) is 84.5 Å². The van der Waals surface area contributed by atoms with E-state index in [0.29, 0.717) is 47.7 Å². The van der Waals surface area contributed by atoms with E-state index in [1.165, 1.54) is 0 Å². The Kier molecular flexibility index (Phi) is 7.26. The average molecular weight is 650 g/mol. The number of hydrogen-bond donors (Lipinski definition) is 2. The molecule has 0 unspecified atom stereocenters. The molecule has 1 aromatic carbocycles. The Morgan fingerprint density at radius 2 is 2.06 bits per heavy atom. The summed E-state index contributed by atoms with van der Waals surface area (Å²) in [6.45, 7) is 5.95. The van der Waals surface area contributed by atoms with Gasteiger partial charge in [0, 0.05) is 29.6 Å². The van der Waals surface area contributed by atoms with Crippen molar-refractivity contribution < 1.29 is 18.8 Å². The number of likely N-dealkylation sites (tertiary alicyclic amines) is 1. The molecule has 0 bridgehead atoms. The van der Waals surface area contributed by atoms with E-state index in [4.69, 9.17) is 29.7 Å². The fourth-order valence-electron chi connectivity index (χ4n) is 8.15. The summed E-state index contributed by atoms with van der Waals surface area (Å²) in [7, 11) is 2.12. The summed E-state index contributed by atoms with van der Waals surface area (Å²) in [4.78, 5) is 25.1. The highest BCUT2D eigenvalue weighted by Gasteiger charge is 2.49. The van der Waals surface area contributed by atoms with Crippen LogP contribution in [-0.4, -0.2) is 80.2 Å². The lowest BCUT2D eigenvalue weighted by Crippen LogP contribution is -2.59. The maximum absolute atomic E-state index is 13.0. The second-order valence-electron chi connectivity index (χ2n) is 14.0. The van der Waals surface area contributed by atoms with Crippen LogP contribution < -0.4 is 15.8 Å². The number of nitrogens with one attached hydrogen (secondary N) is 1. The quantitative estimate of drug-likeness (QED) is 0.280. The number of nitrogen functional groups attached to an aromatic ring is 1. The summed E-state index contributed by atoms with van der Waals surface area (Å²) < 4.78 is 19.6. The van der Waals surface area contributed by atoms with E-state index in [1.54, 1.807) is 23.0 Å². The number of carbonyl (C=O) groups is 1. The minimum absolute atomic E-state index is 0.128. The Balaban J connectivity index is 1.19. The summed E-state index contributed by atoms with van der Waals surface area (Å²) in [6.07, 6.45) is 7.84. The van der Waals surface area contributed by atoms with Crippen LogP contribution in [0.3, 0.4) is 0 Å². The second kappa shape index (κ2) is 11.4. The highest BCUT2D eigenvalue weighted by Crippen LogP contribution is 2.54. The molecule has 3 aromatic heterocycles. The normalized spacial score (nSPS) is 23.2. The summed E-state index contributed by atoms with van der Waals surface area (Å²) in [5, 5.41) is 22.3. The van der Waals surface area contributed by atoms with Crippen LogP contribution in [0.25, 0.3) is 17.3 Å². The summed E-state index contributed by atoms with van der Waals surface area (Å²) in [6, 6.07) is 9.88. The number of fused-ring (bicyclic) bond motifs is 4. The van der Waals surface area contributed by atoms with Gasteiger partial charge in [-0.2, -0.15) is 15.3 Å². The van der Waals surface area contributed by atoms with Gasteiger partial charge in [-0.25, -0.2) is 9.67 Å². The number of aryl methyl sites for hydroxylation is 1. The zero-order valence-electron chi connectivity index (χ0n) is 27.5. The molecule has 2 saturated heterocycles. The third kappa shape index (κ3) is 4.93. The molecule has 4 aliphatic rings. The van der Waals surface area contributed by atoms with Gasteiger partial charge in [-0.3, -0.25) is 9.69 Å². The van der Waals surface area contributed by atoms with Crippen molar-refractivity contribution in [3.05, 3.63) is 64.2 Å². The largest absolute Gasteiger partial charge is 0.473 e. The van der Waals surface area contributed by atoms with Crippen LogP contribution in [0.5, 0.6) is 5.88 Å². The monoisotopic (exact) mass is 649 g/mol. The van der Waals surface area contributed by atoms with Crippen molar-refractivity contribution in [1.82, 2.24) is 35.1 Å². The first-order valence-corrected chi connectivity index (χ1v) is 16.7. The van der Waals surface area contributed by atoms with Crippen LogP contribution in [0.15, 0.2) is 35.0 Å². The number of nitrogens with zero attached hydrogens (tertiary/aromatic N) is 7. The molecule has 248 valence electrons. The van der Waals surface area contributed by atoms with Gasteiger partial charge < -0.3 is 25.0 Å². The fraction of sp³-hybridized carbons (Fsp3) is 0.486. The van der Waals surface area contributed by atoms with E-state index >= 15 is 0 Å². The SMILES string of the molecule is C[C@H](Oc1cc(-n2ccc(C(=O)NC3(C)COC3)n2)nc(-c2noc3c2CCC[C@@]32CCc3ccc(N)c(C#N)c32)n1)[C@@H]1CCCN1C. The number of hydrogen-bond acceptors (Lipinski definition) is 11. The van der Waals surface area contributed by atoms with E-state index in [-0.39, 0.29) is 23.7 Å². The number of anilines is 1. The Morgan fingerprint density at radius 3 is 2.81 bits per heavy atom. The molecule has 1 amide bonds. The molecule has 3 N–H and O–H groups in total. The molecule has 2 aliphatic heterocycles. The molecule has 5 heterocycles. The van der Waals surface area contributed by atoms with Crippen LogP contribution in [0.2, 0.25) is 0 Å². The highest BCUT2D eigenvalue weighted by atomic mass is 16.5. The first-order chi connectivity index (χ1) is 23.2. The molecule has 48 heavy (non-hydrogen) atoms. The van der Waals surface area contributed by atoms with Crippen molar-refractivity contribution >= 4 is 11.6 Å². The molecule has 0 saturated carbocycles. The van der Waals surface area contributed by atoms with Crippen LogP contribution in [-0.2, 0) is 23.0 Å². The summed E-state index contributed by atoms with van der Waals surface area (Å²) >= 11 is 0. The van der Waals surface area contributed by atoms with Crippen LogP contribution >= 0.6 is 0 Å². The van der Waals surface area contributed by atoms with Crippen LogP contribution in [0.4, 0.5) is 5.69 Å². The summed E-state index contributed by atoms with van der Waals surface area (Å²) in [5.74, 6) is 1.65. The summed E-state index contributed by atoms with van der Waals surface area (Å²) in [5.41, 5.74) is 10.2. The molecule has 3 atom stereocenters. The van der Waals surface area contributed by atoms with E-state index in [2.05, 4.69) is 40.5 Å². The molecule has 13 nitrogen and oxygen atoms in total. The molecular weight excluding hydrogens is 610 g/mol. The van der Waals surface area contributed by atoms with Gasteiger partial charge in [0.15, 0.2) is 28.8 Å². The first-order valence-electron chi connectivity index (χ1n) is 16.7. The molecular formula is C35H39N9O4. The second-order valence-corrected chi connectivity index (χ2v) is 14.0. The lowest BCUT2D eigenvalue weighted by molar-refractivity contribution is -0.0594. The molecule has 8 rings (SSSR count). The maximum Gasteiger partial charge on any atom is 0.272 e. The number of benzene rings is 1. The van der Waals surface area contributed by atoms with Gasteiger partial charge in [-0.15, -0.1) is 0 Å². The van der Waals surface area contributed by atoms with Gasteiger partial charge >= 0.3 is 0 Å². The Morgan fingerprint density at radius 1 is 1.21 bits per heavy atom. The van der Waals surface area contributed by atoms with Gasteiger partial charge in [-0.05, 0) is 95.6 Å². The number of likely N-dealkylation sites (N-methyl/N-ethyl adjacent to an activating group) is 1. The molecule has 4 aromatic rings. The van der Waals surface area contributed by atoms with Gasteiger partial charge in [-0.1, -0.05) is 11.2 Å².